The number of aromatic nitrogens is 3. The third-order valence-corrected chi connectivity index (χ3v) is 37.7. The number of hydrogen-bond acceptors (Lipinski definition) is 21. The SMILES string of the molecule is CC(C)C1=C(C(=O)N2C[C@H](F)C[C@H]2C(=O)N2CC3(CC3)N(C(=O)C(F)(F)F)C[C@@H]2CO[Si](C)(C)C(C)(C)C)SC2=N[C@@](C)(c3ccc(Cl)nc3)[C@@H](c3ccc(Cl)c(F)c3)N21.CC(C)C1=C(C(=O)N2C[C@H](F)C[C@H]2C(=O)N2CC3(CC3)NC[C@@H]2CO)SC2=N[C@@](C)(c3ccc(Cl)nc3)[C@@H](c3ccc(Cl)c(F)c3)N21.CC(C)C1=C(C(=O)O)SC2=N[C@@](C)(c3ccc(Cl)nc3)[C@@H](c3ccc(Cl)c(F)c3)N21. The summed E-state index contributed by atoms with van der Waals surface area (Å²) in [5.74, 6) is -7.33. The molecule has 42 heteroatoms. The largest absolute Gasteiger partial charge is 0.477 e. The number of hydrogen-bond donors (Lipinski definition) is 3. The molecule has 12 aliphatic rings. The Bertz CT molecular complexity index is 6060. The van der Waals surface area contributed by atoms with Crippen molar-refractivity contribution >= 4 is 164 Å². The third kappa shape index (κ3) is 19.0. The molecule has 13 heterocycles. The van der Waals surface area contributed by atoms with E-state index in [1.807, 2.05) is 123 Å². The van der Waals surface area contributed by atoms with Crippen molar-refractivity contribution in [1.82, 2.24) is 59.5 Å². The number of aliphatic hydroxyl groups is 1. The van der Waals surface area contributed by atoms with E-state index in [0.29, 0.717) is 83.1 Å². The number of carboxylic acids is 1. The lowest BCUT2D eigenvalue weighted by atomic mass is 9.81. The van der Waals surface area contributed by atoms with E-state index >= 15 is 13.2 Å². The number of aliphatic imine (C=N–C) groups is 3. The molecule has 24 nitrogen and oxygen atoms in total. The average Bonchev–Trinajstić information content (AvgIpc) is 1.55. The fraction of sp³-hybridized carbons (Fsp3) is 0.495. The van der Waals surface area contributed by atoms with Gasteiger partial charge in [0, 0.05) is 96.9 Å². The lowest BCUT2D eigenvalue weighted by molar-refractivity contribution is -0.194. The summed E-state index contributed by atoms with van der Waals surface area (Å²) in [6, 6.07) is 18.7. The Morgan fingerprint density at radius 1 is 0.526 bits per heavy atom. The molecule has 2 aliphatic carbocycles. The molecule has 137 heavy (non-hydrogen) atoms. The second-order valence-corrected chi connectivity index (χ2v) is 49.8. The lowest BCUT2D eigenvalue weighted by Crippen LogP contribution is -2.67. The van der Waals surface area contributed by atoms with Gasteiger partial charge in [-0.2, -0.15) is 13.2 Å². The summed E-state index contributed by atoms with van der Waals surface area (Å²) in [7, 11) is -2.50. The highest BCUT2D eigenvalue weighted by Crippen LogP contribution is 2.62. The molecule has 3 N–H and O–H groups in total. The number of rotatable bonds is 18. The van der Waals surface area contributed by atoms with Crippen LogP contribution in [0.4, 0.5) is 35.1 Å². The van der Waals surface area contributed by atoms with Crippen LogP contribution in [-0.2, 0) is 49.8 Å². The van der Waals surface area contributed by atoms with Crippen LogP contribution >= 0.6 is 105 Å². The minimum absolute atomic E-state index is 0.0138. The van der Waals surface area contributed by atoms with Gasteiger partial charge in [0.05, 0.1) is 77.1 Å². The summed E-state index contributed by atoms with van der Waals surface area (Å²) in [6.45, 7) is 26.6. The van der Waals surface area contributed by atoms with Crippen LogP contribution in [0.1, 0.15) is 173 Å². The number of halogens is 14. The molecule has 6 aromatic rings. The van der Waals surface area contributed by atoms with Gasteiger partial charge in [-0.15, -0.1) is 0 Å². The van der Waals surface area contributed by atoms with Gasteiger partial charge >= 0.3 is 18.1 Å². The van der Waals surface area contributed by atoms with Gasteiger partial charge in [0.25, 0.3) is 11.8 Å². The van der Waals surface area contributed by atoms with Crippen LogP contribution in [0.2, 0.25) is 48.7 Å². The molecule has 0 bridgehead atoms. The Labute approximate surface area is 832 Å². The Hall–Kier alpha value is -8.11. The summed E-state index contributed by atoms with van der Waals surface area (Å²) in [5.41, 5.74) is 1.57. The van der Waals surface area contributed by atoms with Crippen molar-refractivity contribution in [3.8, 4) is 0 Å². The smallest absolute Gasteiger partial charge is 0.471 e. The van der Waals surface area contributed by atoms with E-state index in [4.69, 9.17) is 89.0 Å². The number of aliphatic hydroxyl groups excluding tert-OH is 1. The summed E-state index contributed by atoms with van der Waals surface area (Å²) < 4.78 is 124. The second kappa shape index (κ2) is 38.0. The van der Waals surface area contributed by atoms with Crippen LogP contribution in [-0.4, -0.2) is 230 Å². The summed E-state index contributed by atoms with van der Waals surface area (Å²) in [5, 5.41) is 25.4. The van der Waals surface area contributed by atoms with Crippen molar-refractivity contribution in [3.63, 3.8) is 0 Å². The number of alkyl halides is 5. The molecule has 12 atom stereocenters. The number of carbonyl (C=O) groups is 6. The molecule has 3 aromatic carbocycles. The number of thioether (sulfide) groups is 3. The zero-order valence-corrected chi connectivity index (χ0v) is 85.2. The standard InChI is InChI=1S/C41H49Cl2F5N6O4SSi.C33H36Cl2F2N6O3S.C21H18Cl2FN3O2S/c1-22(2)31-32(59-37-50-39(6,24-10-12-30(43)49-17-24)33(54(31)37)23-9-11-27(42)28(45)15-23)35(56)51-18-25(44)16-29(51)34(55)52-21-40(13-14-40)53(36(57)41(46,47)48)19-26(52)20-58-60(7,8)38(3,4)5;1-17(2)26-27(30(46)41-14-20(36)11-24(41)29(45)42-16-33(8-9-33)39-13-21(42)15-44)47-31-40-32(3,19-5-7-25(35)38-12-19)28(43(26)31)18-4-6-22(34)23(37)10-18;1-10(2)16-17(19(28)29)30-20-26-21(3,12-5-7-15(23)25-9-12)18(27(16)20)11-4-6-13(22)14(24)8-11/h9-12,15,17,22,25-26,29,33H,13-14,16,18-21H2,1-8H3;4-7,10,12,17,20-21,24,28,39,44H,8-9,11,13-16H2,1-3H3;4-10,18H,1-3H3,(H,28,29)/t25-,26-,29+,33-,39+;20-,21-,24+,28-,32+;18-,21+/m111/s1. The number of amides is 5. The number of carbonyl (C=O) groups excluding carboxylic acids is 5. The van der Waals surface area contributed by atoms with Gasteiger partial charge in [-0.1, -0.05) is 168 Å². The van der Waals surface area contributed by atoms with E-state index in [1.165, 1.54) is 62.9 Å². The van der Waals surface area contributed by atoms with Gasteiger partial charge in [-0.05, 0) is 189 Å². The normalized spacial score (nSPS) is 26.9. The van der Waals surface area contributed by atoms with Crippen LogP contribution < -0.4 is 5.32 Å². The summed E-state index contributed by atoms with van der Waals surface area (Å²) >= 11 is 39.7. The van der Waals surface area contributed by atoms with Crippen molar-refractivity contribution in [2.45, 2.75) is 228 Å². The van der Waals surface area contributed by atoms with E-state index in [0.717, 1.165) is 52.4 Å². The summed E-state index contributed by atoms with van der Waals surface area (Å²) in [6.07, 6.45) is -1.20. The molecule has 18 rings (SSSR count). The van der Waals surface area contributed by atoms with Crippen molar-refractivity contribution in [1.29, 1.82) is 0 Å². The highest BCUT2D eigenvalue weighted by molar-refractivity contribution is 8.18. The summed E-state index contributed by atoms with van der Waals surface area (Å²) in [4.78, 5) is 124. The topological polar surface area (TPSA) is 266 Å². The molecule has 6 fully saturated rings. The van der Waals surface area contributed by atoms with Gasteiger partial charge in [0.1, 0.15) is 88.7 Å². The van der Waals surface area contributed by atoms with Crippen LogP contribution in [0.3, 0.4) is 0 Å². The number of nitrogens with one attached hydrogen (secondary N) is 1. The Morgan fingerprint density at radius 2 is 0.891 bits per heavy atom. The van der Waals surface area contributed by atoms with Gasteiger partial charge < -0.3 is 59.2 Å². The quantitative estimate of drug-likeness (QED) is 0.0410. The molecular formula is C95H103Cl6F8N15O9S3Si. The van der Waals surface area contributed by atoms with E-state index in [-0.39, 0.29) is 123 Å². The molecule has 2 saturated carbocycles. The second-order valence-electron chi connectivity index (χ2n) is 39.7. The van der Waals surface area contributed by atoms with Crippen molar-refractivity contribution < 1.29 is 78.5 Å². The van der Waals surface area contributed by atoms with Gasteiger partial charge in [-0.3, -0.25) is 24.0 Å². The maximum atomic E-state index is 15.7. The highest BCUT2D eigenvalue weighted by atomic mass is 35.5. The Balaban J connectivity index is 0.000000157. The number of amidine groups is 3. The van der Waals surface area contributed by atoms with E-state index < -0.39 is 145 Å². The molecule has 0 unspecified atom stereocenters. The van der Waals surface area contributed by atoms with Gasteiger partial charge in [0.15, 0.2) is 23.8 Å². The van der Waals surface area contributed by atoms with Gasteiger partial charge in [0.2, 0.25) is 11.8 Å². The number of aliphatic carboxylic acids is 1. The van der Waals surface area contributed by atoms with Crippen LogP contribution in [0.25, 0.3) is 0 Å². The number of pyridine rings is 3. The average molecular weight is 2090 g/mol. The molecule has 0 radical (unpaired) electrons. The first-order chi connectivity index (χ1) is 64.3. The van der Waals surface area contributed by atoms with E-state index in [9.17, 15) is 60.9 Å². The molecule has 3 aromatic heterocycles. The van der Waals surface area contributed by atoms with Crippen LogP contribution in [0.5, 0.6) is 0 Å². The Morgan fingerprint density at radius 3 is 1.20 bits per heavy atom. The molecule has 10 aliphatic heterocycles. The Kier molecular flexibility index (Phi) is 28.2. The van der Waals surface area contributed by atoms with Crippen molar-refractivity contribution in [2.75, 3.05) is 52.5 Å². The van der Waals surface area contributed by atoms with E-state index in [1.54, 1.807) is 66.0 Å². The number of carboxylic acid groups (broad SMARTS) is 1. The minimum Gasteiger partial charge on any atom is -0.477 e. The van der Waals surface area contributed by atoms with Gasteiger partial charge in [-0.25, -0.2) is 56.7 Å². The lowest BCUT2D eigenvalue weighted by Gasteiger charge is -2.49. The first kappa shape index (κ1) is 102. The van der Waals surface area contributed by atoms with Crippen molar-refractivity contribution in [2.24, 2.45) is 32.7 Å². The molecular weight excluding hydrogens is 1980 g/mol. The maximum Gasteiger partial charge on any atom is 0.471 e. The van der Waals surface area contributed by atoms with Crippen molar-refractivity contribution in [3.05, 3.63) is 223 Å². The number of likely N-dealkylation sites (tertiary alicyclic amines) is 2. The number of allylic oxidation sites excluding steroid dienone is 3. The fourth-order valence-electron chi connectivity index (χ4n) is 19.9. The van der Waals surface area contributed by atoms with Crippen LogP contribution in [0.15, 0.2) is 156 Å². The van der Waals surface area contributed by atoms with Crippen LogP contribution in [0, 0.1) is 35.2 Å². The third-order valence-electron chi connectivity index (χ3n) is 28.4. The molecule has 732 valence electrons. The first-order valence-corrected chi connectivity index (χ1v) is 52.7. The molecule has 2 spiro atoms. The molecule has 4 saturated heterocycles. The maximum absolute atomic E-state index is 15.7. The number of benzene rings is 3. The number of nitrogens with zero attached hydrogens (tertiary/aromatic N) is 14. The first-order valence-electron chi connectivity index (χ1n) is 45.1. The predicted molar refractivity (Wildman–Crippen MR) is 517 cm³/mol. The molecule has 5 amide bonds. The predicted octanol–water partition coefficient (Wildman–Crippen LogP) is 19.8. The zero-order chi connectivity index (χ0) is 99.3. The highest BCUT2D eigenvalue weighted by Gasteiger charge is 2.64. The number of piperazine rings is 2. The monoisotopic (exact) mass is 2080 g/mol. The minimum atomic E-state index is -5.12. The fourth-order valence-corrected chi connectivity index (χ4v) is 25.6. The zero-order valence-electron chi connectivity index (χ0n) is 77.2. The van der Waals surface area contributed by atoms with E-state index in [2.05, 4.69) is 20.3 Å². The number of fused-ring (bicyclic) bond motifs is 3.